The summed E-state index contributed by atoms with van der Waals surface area (Å²) in [5.41, 5.74) is 2.12. The monoisotopic (exact) mass is 309 g/mol. The van der Waals surface area contributed by atoms with Crippen LogP contribution in [0, 0.1) is 5.82 Å². The molecule has 3 heteroatoms. The van der Waals surface area contributed by atoms with E-state index in [-0.39, 0.29) is 17.6 Å². The third-order valence-corrected chi connectivity index (χ3v) is 4.20. The summed E-state index contributed by atoms with van der Waals surface area (Å²) in [5, 5.41) is 11.3. The minimum atomic E-state index is -0.192. The van der Waals surface area contributed by atoms with Crippen LogP contribution in [0.4, 0.5) is 4.39 Å². The van der Waals surface area contributed by atoms with Gasteiger partial charge in [0.1, 0.15) is 11.6 Å². The second kappa shape index (κ2) is 6.39. The van der Waals surface area contributed by atoms with Crippen LogP contribution < -0.4 is 0 Å². The van der Waals surface area contributed by atoms with Crippen molar-refractivity contribution in [2.45, 2.75) is 12.5 Å². The Morgan fingerprint density at radius 1 is 1.00 bits per heavy atom. The Morgan fingerprint density at radius 2 is 1.78 bits per heavy atom. The number of hydrogen-bond acceptors (Lipinski definition) is 2. The lowest BCUT2D eigenvalue weighted by Crippen LogP contribution is -2.22. The van der Waals surface area contributed by atoms with Crippen molar-refractivity contribution in [3.63, 3.8) is 0 Å². The first kappa shape index (κ1) is 15.5. The Bertz CT molecular complexity index is 829. The molecule has 0 heterocycles. The van der Waals surface area contributed by atoms with Crippen molar-refractivity contribution in [2.75, 3.05) is 14.1 Å². The SMILES string of the molecule is CN(C)C(Cc1ccc2cccc(F)c2c1)c1cccc(O)c1. The molecule has 0 radical (unpaired) electrons. The van der Waals surface area contributed by atoms with Crippen LogP contribution >= 0.6 is 0 Å². The summed E-state index contributed by atoms with van der Waals surface area (Å²) in [6.45, 7) is 0. The predicted octanol–water partition coefficient (Wildman–Crippen LogP) is 4.53. The van der Waals surface area contributed by atoms with Crippen LogP contribution in [0.1, 0.15) is 17.2 Å². The number of fused-ring (bicyclic) bond motifs is 1. The molecule has 23 heavy (non-hydrogen) atoms. The summed E-state index contributed by atoms with van der Waals surface area (Å²) in [6.07, 6.45) is 0.751. The van der Waals surface area contributed by atoms with Gasteiger partial charge in [0.25, 0.3) is 0 Å². The molecule has 0 bridgehead atoms. The largest absolute Gasteiger partial charge is 0.508 e. The van der Waals surface area contributed by atoms with E-state index in [4.69, 9.17) is 0 Å². The molecule has 118 valence electrons. The van der Waals surface area contributed by atoms with Crippen molar-refractivity contribution < 1.29 is 9.50 Å². The zero-order chi connectivity index (χ0) is 16.4. The molecular weight excluding hydrogens is 289 g/mol. The van der Waals surface area contributed by atoms with Gasteiger partial charge in [-0.25, -0.2) is 4.39 Å². The van der Waals surface area contributed by atoms with E-state index in [1.165, 1.54) is 6.07 Å². The quantitative estimate of drug-likeness (QED) is 0.765. The number of likely N-dealkylation sites (N-methyl/N-ethyl adjacent to an activating group) is 1. The minimum absolute atomic E-state index is 0.117. The Morgan fingerprint density at radius 3 is 2.52 bits per heavy atom. The van der Waals surface area contributed by atoms with E-state index >= 15 is 0 Å². The van der Waals surface area contributed by atoms with Crippen LogP contribution in [-0.2, 0) is 6.42 Å². The van der Waals surface area contributed by atoms with Crippen molar-refractivity contribution >= 4 is 10.8 Å². The Hall–Kier alpha value is -2.39. The van der Waals surface area contributed by atoms with Gasteiger partial charge in [0, 0.05) is 11.4 Å². The first-order chi connectivity index (χ1) is 11.0. The third kappa shape index (κ3) is 3.35. The van der Waals surface area contributed by atoms with Crippen LogP contribution in [0.25, 0.3) is 10.8 Å². The molecule has 0 saturated carbocycles. The van der Waals surface area contributed by atoms with Gasteiger partial charge in [-0.3, -0.25) is 0 Å². The van der Waals surface area contributed by atoms with E-state index in [0.29, 0.717) is 5.39 Å². The standard InChI is InChI=1S/C20H20FNO/c1-22(2)20(16-6-3-7-17(23)13-16)12-14-9-10-15-5-4-8-19(21)18(15)11-14/h3-11,13,20,23H,12H2,1-2H3. The summed E-state index contributed by atoms with van der Waals surface area (Å²) >= 11 is 0. The second-order valence-corrected chi connectivity index (χ2v) is 6.07. The number of nitrogens with zero attached hydrogens (tertiary/aromatic N) is 1. The van der Waals surface area contributed by atoms with Crippen LogP contribution in [0.2, 0.25) is 0 Å². The second-order valence-electron chi connectivity index (χ2n) is 6.07. The van der Waals surface area contributed by atoms with Crippen LogP contribution in [0.15, 0.2) is 60.7 Å². The molecule has 0 aliphatic carbocycles. The van der Waals surface area contributed by atoms with Crippen molar-refractivity contribution in [2.24, 2.45) is 0 Å². The third-order valence-electron chi connectivity index (χ3n) is 4.20. The van der Waals surface area contributed by atoms with Crippen molar-refractivity contribution in [1.82, 2.24) is 4.90 Å². The average Bonchev–Trinajstić information content (AvgIpc) is 2.53. The van der Waals surface area contributed by atoms with E-state index in [2.05, 4.69) is 4.90 Å². The van der Waals surface area contributed by atoms with E-state index < -0.39 is 0 Å². The molecular formula is C20H20FNO. The lowest BCUT2D eigenvalue weighted by molar-refractivity contribution is 0.297. The van der Waals surface area contributed by atoms with Crippen molar-refractivity contribution in [3.05, 3.63) is 77.6 Å². The molecule has 0 saturated heterocycles. The number of benzene rings is 3. The summed E-state index contributed by atoms with van der Waals surface area (Å²) in [7, 11) is 4.02. The molecule has 0 aliphatic heterocycles. The van der Waals surface area contributed by atoms with E-state index in [1.54, 1.807) is 18.2 Å². The molecule has 1 N–H and O–H groups in total. The fraction of sp³-hybridized carbons (Fsp3) is 0.200. The molecule has 1 unspecified atom stereocenters. The fourth-order valence-electron chi connectivity index (χ4n) is 2.96. The summed E-state index contributed by atoms with van der Waals surface area (Å²) in [5.74, 6) is 0.0713. The molecule has 2 nitrogen and oxygen atoms in total. The molecule has 1 atom stereocenters. The summed E-state index contributed by atoms with van der Waals surface area (Å²) < 4.78 is 14.0. The van der Waals surface area contributed by atoms with E-state index in [0.717, 1.165) is 22.9 Å². The average molecular weight is 309 g/mol. The normalized spacial score (nSPS) is 12.7. The maximum Gasteiger partial charge on any atom is 0.131 e. The van der Waals surface area contributed by atoms with Gasteiger partial charge in [-0.05, 0) is 61.3 Å². The number of phenolic OH excluding ortho intramolecular Hbond substituents is 1. The van der Waals surface area contributed by atoms with Crippen LogP contribution in [0.3, 0.4) is 0 Å². The van der Waals surface area contributed by atoms with Crippen molar-refractivity contribution in [3.8, 4) is 5.75 Å². The highest BCUT2D eigenvalue weighted by atomic mass is 19.1. The Labute approximate surface area is 135 Å². The minimum Gasteiger partial charge on any atom is -0.508 e. The number of phenols is 1. The maximum absolute atomic E-state index is 14.0. The Kier molecular flexibility index (Phi) is 4.30. The van der Waals surface area contributed by atoms with Gasteiger partial charge in [-0.2, -0.15) is 0 Å². The van der Waals surface area contributed by atoms with Gasteiger partial charge < -0.3 is 10.0 Å². The highest BCUT2D eigenvalue weighted by Crippen LogP contribution is 2.27. The lowest BCUT2D eigenvalue weighted by Gasteiger charge is -2.25. The fourth-order valence-corrected chi connectivity index (χ4v) is 2.96. The van der Waals surface area contributed by atoms with E-state index in [1.807, 2.05) is 50.5 Å². The molecule has 0 aliphatic rings. The van der Waals surface area contributed by atoms with Gasteiger partial charge >= 0.3 is 0 Å². The zero-order valence-electron chi connectivity index (χ0n) is 13.3. The van der Waals surface area contributed by atoms with E-state index in [9.17, 15) is 9.50 Å². The number of rotatable bonds is 4. The molecule has 3 aromatic carbocycles. The van der Waals surface area contributed by atoms with Crippen molar-refractivity contribution in [1.29, 1.82) is 0 Å². The molecule has 3 rings (SSSR count). The first-order valence-electron chi connectivity index (χ1n) is 7.67. The highest BCUT2D eigenvalue weighted by molar-refractivity contribution is 5.83. The Balaban J connectivity index is 1.96. The highest BCUT2D eigenvalue weighted by Gasteiger charge is 2.16. The molecule has 3 aromatic rings. The zero-order valence-corrected chi connectivity index (χ0v) is 13.3. The van der Waals surface area contributed by atoms with Gasteiger partial charge in [0.15, 0.2) is 0 Å². The smallest absolute Gasteiger partial charge is 0.131 e. The molecule has 0 aromatic heterocycles. The maximum atomic E-state index is 14.0. The number of halogens is 1. The summed E-state index contributed by atoms with van der Waals surface area (Å²) in [6, 6.07) is 18.5. The van der Waals surface area contributed by atoms with Gasteiger partial charge in [0.05, 0.1) is 0 Å². The van der Waals surface area contributed by atoms with Crippen LogP contribution in [-0.4, -0.2) is 24.1 Å². The molecule has 0 amide bonds. The number of hydrogen-bond donors (Lipinski definition) is 1. The van der Waals surface area contributed by atoms with Gasteiger partial charge in [-0.1, -0.05) is 36.4 Å². The summed E-state index contributed by atoms with van der Waals surface area (Å²) in [4.78, 5) is 2.11. The predicted molar refractivity (Wildman–Crippen MR) is 92.1 cm³/mol. The molecule has 0 fully saturated rings. The topological polar surface area (TPSA) is 23.5 Å². The first-order valence-corrected chi connectivity index (χ1v) is 7.67. The van der Waals surface area contributed by atoms with Gasteiger partial charge in [-0.15, -0.1) is 0 Å². The number of aromatic hydroxyl groups is 1. The lowest BCUT2D eigenvalue weighted by atomic mass is 9.96. The molecule has 0 spiro atoms. The van der Waals surface area contributed by atoms with Gasteiger partial charge in [0.2, 0.25) is 0 Å². The van der Waals surface area contributed by atoms with Crippen LogP contribution in [0.5, 0.6) is 5.75 Å².